The van der Waals surface area contributed by atoms with Gasteiger partial charge >= 0.3 is 0 Å². The van der Waals surface area contributed by atoms with Crippen molar-refractivity contribution < 1.29 is 13.9 Å². The standard InChI is InChI=1S/C15H12N4O3/c1-20-13-5-3-9(7-14(13)21-2)15-17-11-8-10(18-19-16)4-6-12(11)22-15/h3-8H,1-2H3. The van der Waals surface area contributed by atoms with Crippen molar-refractivity contribution >= 4 is 16.8 Å². The second-order valence-electron chi connectivity index (χ2n) is 4.43. The zero-order valence-corrected chi connectivity index (χ0v) is 12.0. The van der Waals surface area contributed by atoms with E-state index < -0.39 is 0 Å². The van der Waals surface area contributed by atoms with E-state index >= 15 is 0 Å². The summed E-state index contributed by atoms with van der Waals surface area (Å²) < 4.78 is 16.2. The second-order valence-corrected chi connectivity index (χ2v) is 4.43. The quantitative estimate of drug-likeness (QED) is 0.403. The molecule has 0 bridgehead atoms. The molecule has 0 spiro atoms. The van der Waals surface area contributed by atoms with Gasteiger partial charge in [-0.1, -0.05) is 5.11 Å². The van der Waals surface area contributed by atoms with E-state index in [0.717, 1.165) is 5.56 Å². The largest absolute Gasteiger partial charge is 0.493 e. The predicted molar refractivity (Wildman–Crippen MR) is 81.4 cm³/mol. The minimum Gasteiger partial charge on any atom is -0.493 e. The van der Waals surface area contributed by atoms with Crippen LogP contribution in [0.4, 0.5) is 5.69 Å². The summed E-state index contributed by atoms with van der Waals surface area (Å²) in [5.41, 5.74) is 11.0. The Balaban J connectivity index is 2.08. The average molecular weight is 296 g/mol. The molecule has 0 saturated carbocycles. The van der Waals surface area contributed by atoms with Crippen LogP contribution in [0, 0.1) is 0 Å². The Morgan fingerprint density at radius 3 is 2.64 bits per heavy atom. The molecule has 0 fully saturated rings. The highest BCUT2D eigenvalue weighted by molar-refractivity contribution is 5.79. The molecular weight excluding hydrogens is 284 g/mol. The highest BCUT2D eigenvalue weighted by Gasteiger charge is 2.12. The molecule has 1 heterocycles. The van der Waals surface area contributed by atoms with Crippen molar-refractivity contribution in [3.63, 3.8) is 0 Å². The van der Waals surface area contributed by atoms with E-state index in [0.29, 0.717) is 34.2 Å². The number of aromatic nitrogens is 1. The van der Waals surface area contributed by atoms with Gasteiger partial charge in [0, 0.05) is 16.2 Å². The highest BCUT2D eigenvalue weighted by Crippen LogP contribution is 2.33. The van der Waals surface area contributed by atoms with E-state index in [1.807, 2.05) is 6.07 Å². The summed E-state index contributed by atoms with van der Waals surface area (Å²) in [7, 11) is 3.15. The highest BCUT2D eigenvalue weighted by atomic mass is 16.5. The van der Waals surface area contributed by atoms with E-state index in [1.54, 1.807) is 44.6 Å². The number of azide groups is 1. The Labute approximate surface area is 125 Å². The molecule has 7 nitrogen and oxygen atoms in total. The predicted octanol–water partition coefficient (Wildman–Crippen LogP) is 4.45. The summed E-state index contributed by atoms with van der Waals surface area (Å²) in [5.74, 6) is 1.68. The molecule has 110 valence electrons. The summed E-state index contributed by atoms with van der Waals surface area (Å²) in [4.78, 5) is 7.17. The van der Waals surface area contributed by atoms with E-state index in [2.05, 4.69) is 15.0 Å². The fourth-order valence-corrected chi connectivity index (χ4v) is 2.12. The Bertz CT molecular complexity index is 882. The van der Waals surface area contributed by atoms with Crippen LogP contribution in [0.2, 0.25) is 0 Å². The number of rotatable bonds is 4. The van der Waals surface area contributed by atoms with Gasteiger partial charge in [0.25, 0.3) is 0 Å². The zero-order valence-electron chi connectivity index (χ0n) is 12.0. The Morgan fingerprint density at radius 2 is 1.91 bits per heavy atom. The second kappa shape index (κ2) is 5.67. The van der Waals surface area contributed by atoms with Crippen LogP contribution in [0.3, 0.4) is 0 Å². The van der Waals surface area contributed by atoms with Gasteiger partial charge in [0.05, 0.1) is 14.2 Å². The number of fused-ring (bicyclic) bond motifs is 1. The van der Waals surface area contributed by atoms with Crippen molar-refractivity contribution in [3.05, 3.63) is 46.8 Å². The summed E-state index contributed by atoms with van der Waals surface area (Å²) >= 11 is 0. The molecule has 3 aromatic rings. The van der Waals surface area contributed by atoms with Crippen molar-refractivity contribution in [2.75, 3.05) is 14.2 Å². The normalized spacial score (nSPS) is 10.3. The van der Waals surface area contributed by atoms with Crippen LogP contribution in [0.5, 0.6) is 11.5 Å². The summed E-state index contributed by atoms with van der Waals surface area (Å²) in [5, 5.41) is 3.55. The van der Waals surface area contributed by atoms with Crippen LogP contribution in [0.1, 0.15) is 0 Å². The van der Waals surface area contributed by atoms with Gasteiger partial charge in [-0.25, -0.2) is 4.98 Å². The Kier molecular flexibility index (Phi) is 3.55. The van der Waals surface area contributed by atoms with Gasteiger partial charge < -0.3 is 13.9 Å². The fraction of sp³-hybridized carbons (Fsp3) is 0.133. The minimum atomic E-state index is 0.453. The maximum absolute atomic E-state index is 8.47. The number of nitrogens with zero attached hydrogens (tertiary/aromatic N) is 4. The SMILES string of the molecule is COc1ccc(-c2nc3cc(N=[N+]=[N-])ccc3o2)cc1OC. The molecule has 0 aliphatic rings. The molecule has 1 aromatic heterocycles. The van der Waals surface area contributed by atoms with Crippen molar-refractivity contribution in [2.45, 2.75) is 0 Å². The molecule has 0 aliphatic carbocycles. The number of oxazole rings is 1. The summed E-state index contributed by atoms with van der Waals surface area (Å²) in [6.45, 7) is 0. The van der Waals surface area contributed by atoms with Crippen LogP contribution in [-0.2, 0) is 0 Å². The zero-order chi connectivity index (χ0) is 15.5. The minimum absolute atomic E-state index is 0.453. The van der Waals surface area contributed by atoms with Gasteiger partial charge in [-0.05, 0) is 41.9 Å². The third-order valence-electron chi connectivity index (χ3n) is 3.16. The van der Waals surface area contributed by atoms with E-state index in [4.69, 9.17) is 19.4 Å². The fourth-order valence-electron chi connectivity index (χ4n) is 2.12. The first-order valence-electron chi connectivity index (χ1n) is 6.43. The molecule has 0 atom stereocenters. The molecule has 0 N–H and O–H groups in total. The van der Waals surface area contributed by atoms with Gasteiger partial charge in [0.1, 0.15) is 5.52 Å². The van der Waals surface area contributed by atoms with E-state index in [-0.39, 0.29) is 0 Å². The molecule has 2 aromatic carbocycles. The first kappa shape index (κ1) is 13.8. The molecule has 0 saturated heterocycles. The Hall–Kier alpha value is -3.18. The lowest BCUT2D eigenvalue weighted by molar-refractivity contribution is 0.355. The van der Waals surface area contributed by atoms with Crippen molar-refractivity contribution in [1.82, 2.24) is 4.98 Å². The number of hydrogen-bond acceptors (Lipinski definition) is 5. The monoisotopic (exact) mass is 296 g/mol. The van der Waals surface area contributed by atoms with Crippen molar-refractivity contribution in [1.29, 1.82) is 0 Å². The molecule has 0 aliphatic heterocycles. The summed E-state index contributed by atoms with van der Waals surface area (Å²) in [6.07, 6.45) is 0. The van der Waals surface area contributed by atoms with Crippen molar-refractivity contribution in [2.24, 2.45) is 5.11 Å². The van der Waals surface area contributed by atoms with Crippen LogP contribution < -0.4 is 9.47 Å². The first-order valence-corrected chi connectivity index (χ1v) is 6.43. The molecule has 0 amide bonds. The number of hydrogen-bond donors (Lipinski definition) is 0. The van der Waals surface area contributed by atoms with Gasteiger partial charge in [0.2, 0.25) is 5.89 Å². The van der Waals surface area contributed by atoms with E-state index in [1.165, 1.54) is 0 Å². The molecule has 0 unspecified atom stereocenters. The summed E-state index contributed by atoms with van der Waals surface area (Å²) in [6, 6.07) is 10.5. The Morgan fingerprint density at radius 1 is 1.09 bits per heavy atom. The van der Waals surface area contributed by atoms with Crippen LogP contribution in [-0.4, -0.2) is 19.2 Å². The number of methoxy groups -OCH3 is 2. The first-order chi connectivity index (χ1) is 10.7. The maximum Gasteiger partial charge on any atom is 0.227 e. The number of benzene rings is 2. The van der Waals surface area contributed by atoms with Crippen LogP contribution in [0.15, 0.2) is 45.9 Å². The smallest absolute Gasteiger partial charge is 0.227 e. The van der Waals surface area contributed by atoms with Gasteiger partial charge in [-0.3, -0.25) is 0 Å². The third-order valence-corrected chi connectivity index (χ3v) is 3.16. The lowest BCUT2D eigenvalue weighted by atomic mass is 10.2. The van der Waals surface area contributed by atoms with Crippen molar-refractivity contribution in [3.8, 4) is 23.0 Å². The molecular formula is C15H12N4O3. The maximum atomic E-state index is 8.47. The third kappa shape index (κ3) is 2.41. The average Bonchev–Trinajstić information content (AvgIpc) is 2.97. The van der Waals surface area contributed by atoms with E-state index in [9.17, 15) is 0 Å². The lowest BCUT2D eigenvalue weighted by Crippen LogP contribution is -1.90. The van der Waals surface area contributed by atoms with Gasteiger partial charge in [-0.15, -0.1) is 0 Å². The lowest BCUT2D eigenvalue weighted by Gasteiger charge is -2.07. The van der Waals surface area contributed by atoms with Gasteiger partial charge in [-0.2, -0.15) is 0 Å². The molecule has 3 rings (SSSR count). The van der Waals surface area contributed by atoms with Crippen LogP contribution in [0.25, 0.3) is 33.0 Å². The topological polar surface area (TPSA) is 93.3 Å². The molecule has 0 radical (unpaired) electrons. The molecule has 7 heteroatoms. The van der Waals surface area contributed by atoms with Gasteiger partial charge in [0.15, 0.2) is 17.1 Å². The number of ether oxygens (including phenoxy) is 2. The van der Waals surface area contributed by atoms with Crippen LogP contribution >= 0.6 is 0 Å². The molecule has 22 heavy (non-hydrogen) atoms.